The molecule has 0 spiro atoms. The standard InChI is InChI=1S/C40H45N3O10/c1-49-30-8-9-33-31(18-30)40(48)42-39(41-33)25-7-10-35(29(14-25)22-46)51-12-4-3-5-13-52-38-17-24(6-11-36(38)50-2)34-19-37(53-43-34)26-15-27(20-44)32(23-47)28(16-26)21-45/h6-11,14-18,37,39,41,44-47H,3-5,12-13,19-23H2,1-2H3,(H,42,48). The minimum atomic E-state index is -0.462. The number of aliphatic hydroxyl groups is 4. The van der Waals surface area contributed by atoms with Gasteiger partial charge in [0.05, 0.1) is 65.1 Å². The van der Waals surface area contributed by atoms with Crippen LogP contribution in [0.15, 0.2) is 71.9 Å². The van der Waals surface area contributed by atoms with Crippen molar-refractivity contribution in [3.05, 3.63) is 111 Å². The van der Waals surface area contributed by atoms with E-state index in [1.165, 1.54) is 0 Å². The van der Waals surface area contributed by atoms with E-state index in [-0.39, 0.29) is 32.3 Å². The number of nitrogens with zero attached hydrogens (tertiary/aromatic N) is 1. The average molecular weight is 728 g/mol. The normalized spacial score (nSPS) is 16.2. The number of carbonyl (C=O) groups excluding carboxylic acids is 1. The Morgan fingerprint density at radius 1 is 0.717 bits per heavy atom. The summed E-state index contributed by atoms with van der Waals surface area (Å²) in [4.78, 5) is 18.5. The molecule has 2 heterocycles. The predicted molar refractivity (Wildman–Crippen MR) is 196 cm³/mol. The van der Waals surface area contributed by atoms with Gasteiger partial charge in [0.15, 0.2) is 17.6 Å². The van der Waals surface area contributed by atoms with Gasteiger partial charge in [-0.2, -0.15) is 0 Å². The highest BCUT2D eigenvalue weighted by molar-refractivity contribution is 6.02. The van der Waals surface area contributed by atoms with Gasteiger partial charge in [0.2, 0.25) is 0 Å². The van der Waals surface area contributed by atoms with Crippen molar-refractivity contribution in [1.29, 1.82) is 0 Å². The highest BCUT2D eigenvalue weighted by Crippen LogP contribution is 2.36. The number of anilines is 1. The third-order valence-corrected chi connectivity index (χ3v) is 9.43. The molecular weight excluding hydrogens is 682 g/mol. The molecule has 2 atom stereocenters. The summed E-state index contributed by atoms with van der Waals surface area (Å²) in [6.07, 6.45) is 2.00. The van der Waals surface area contributed by atoms with Gasteiger partial charge < -0.3 is 54.8 Å². The lowest BCUT2D eigenvalue weighted by molar-refractivity contribution is 0.0853. The third-order valence-electron chi connectivity index (χ3n) is 9.43. The van der Waals surface area contributed by atoms with Gasteiger partial charge in [-0.05, 0) is 108 Å². The smallest absolute Gasteiger partial charge is 0.255 e. The van der Waals surface area contributed by atoms with Gasteiger partial charge in [0.25, 0.3) is 5.91 Å². The Morgan fingerprint density at radius 2 is 1.42 bits per heavy atom. The van der Waals surface area contributed by atoms with E-state index in [9.17, 15) is 25.2 Å². The van der Waals surface area contributed by atoms with Crippen LogP contribution in [0.2, 0.25) is 0 Å². The van der Waals surface area contributed by atoms with Gasteiger partial charge in [-0.25, -0.2) is 0 Å². The minimum Gasteiger partial charge on any atom is -0.497 e. The van der Waals surface area contributed by atoms with E-state index in [2.05, 4.69) is 15.8 Å². The first kappa shape index (κ1) is 37.4. The van der Waals surface area contributed by atoms with Crippen molar-refractivity contribution in [2.24, 2.45) is 5.16 Å². The SMILES string of the molecule is COc1ccc2c(c1)C(=O)NC(c1ccc(OCCCCCOc3cc(C4=NOC(c5cc(CO)c(CO)c(CO)c5)C4)ccc3OC)c(CO)c1)N2. The summed E-state index contributed by atoms with van der Waals surface area (Å²) in [5, 5.41) is 50.0. The summed E-state index contributed by atoms with van der Waals surface area (Å²) in [5.41, 5.74) is 6.54. The van der Waals surface area contributed by atoms with Gasteiger partial charge in [0, 0.05) is 23.2 Å². The van der Waals surface area contributed by atoms with E-state index in [1.807, 2.05) is 42.5 Å². The van der Waals surface area contributed by atoms with Crippen molar-refractivity contribution in [2.45, 2.75) is 64.4 Å². The molecule has 0 saturated carbocycles. The number of hydrogen-bond acceptors (Lipinski definition) is 12. The Labute approximate surface area is 307 Å². The van der Waals surface area contributed by atoms with Crippen LogP contribution < -0.4 is 29.6 Å². The van der Waals surface area contributed by atoms with Crippen molar-refractivity contribution < 1.29 is 49.0 Å². The van der Waals surface area contributed by atoms with Gasteiger partial charge in [-0.15, -0.1) is 0 Å². The van der Waals surface area contributed by atoms with Crippen LogP contribution in [0.4, 0.5) is 5.69 Å². The van der Waals surface area contributed by atoms with Crippen LogP contribution in [0, 0.1) is 0 Å². The van der Waals surface area contributed by atoms with E-state index >= 15 is 0 Å². The molecule has 0 fully saturated rings. The first-order chi connectivity index (χ1) is 25.9. The maximum Gasteiger partial charge on any atom is 0.255 e. The molecule has 6 N–H and O–H groups in total. The number of unbranched alkanes of at least 4 members (excludes halogenated alkanes) is 2. The fraction of sp³-hybridized carbons (Fsp3) is 0.350. The Bertz CT molecular complexity index is 1920. The fourth-order valence-electron chi connectivity index (χ4n) is 6.51. The molecule has 0 bridgehead atoms. The molecular formula is C40H45N3O10. The summed E-state index contributed by atoms with van der Waals surface area (Å²) in [7, 11) is 3.14. The molecule has 280 valence electrons. The second kappa shape index (κ2) is 17.5. The number of aliphatic hydroxyl groups excluding tert-OH is 4. The Balaban J connectivity index is 0.977. The molecule has 4 aromatic rings. The second-order valence-corrected chi connectivity index (χ2v) is 12.7. The van der Waals surface area contributed by atoms with Crippen LogP contribution in [-0.2, 0) is 31.3 Å². The van der Waals surface area contributed by atoms with Crippen LogP contribution in [0.1, 0.15) is 87.3 Å². The third kappa shape index (κ3) is 8.50. The van der Waals surface area contributed by atoms with E-state index in [4.69, 9.17) is 23.8 Å². The summed E-state index contributed by atoms with van der Waals surface area (Å²) < 4.78 is 22.9. The fourth-order valence-corrected chi connectivity index (χ4v) is 6.51. The van der Waals surface area contributed by atoms with Crippen LogP contribution >= 0.6 is 0 Å². The van der Waals surface area contributed by atoms with Crippen LogP contribution in [0.3, 0.4) is 0 Å². The van der Waals surface area contributed by atoms with Gasteiger partial charge in [0.1, 0.15) is 17.7 Å². The number of carbonyl (C=O) groups is 1. The molecule has 0 radical (unpaired) electrons. The number of benzene rings is 4. The largest absolute Gasteiger partial charge is 0.497 e. The zero-order valence-electron chi connectivity index (χ0n) is 29.8. The molecule has 53 heavy (non-hydrogen) atoms. The molecule has 0 aliphatic carbocycles. The van der Waals surface area contributed by atoms with Crippen molar-refractivity contribution >= 4 is 17.3 Å². The zero-order chi connectivity index (χ0) is 37.3. The molecule has 6 rings (SSSR count). The van der Waals surface area contributed by atoms with E-state index in [0.717, 1.165) is 41.7 Å². The summed E-state index contributed by atoms with van der Waals surface area (Å²) in [6.45, 7) is -0.101. The number of rotatable bonds is 17. The molecule has 13 heteroatoms. The first-order valence-electron chi connectivity index (χ1n) is 17.5. The maximum absolute atomic E-state index is 12.8. The van der Waals surface area contributed by atoms with Crippen molar-refractivity contribution in [3.8, 4) is 23.0 Å². The first-order valence-corrected chi connectivity index (χ1v) is 17.5. The molecule has 1 amide bonds. The highest BCUT2D eigenvalue weighted by atomic mass is 16.6. The maximum atomic E-state index is 12.8. The second-order valence-electron chi connectivity index (χ2n) is 12.7. The van der Waals surface area contributed by atoms with Crippen LogP contribution in [0.25, 0.3) is 0 Å². The number of amides is 1. The molecule has 4 aromatic carbocycles. The molecule has 0 saturated heterocycles. The molecule has 2 aliphatic heterocycles. The quantitative estimate of drug-likeness (QED) is 0.0805. The Kier molecular flexibility index (Phi) is 12.3. The number of nitrogens with one attached hydrogen (secondary N) is 2. The lowest BCUT2D eigenvalue weighted by Crippen LogP contribution is -2.38. The minimum absolute atomic E-state index is 0.210. The number of oxime groups is 1. The molecule has 2 unspecified atom stereocenters. The number of hydrogen-bond donors (Lipinski definition) is 6. The average Bonchev–Trinajstić information content (AvgIpc) is 3.70. The lowest BCUT2D eigenvalue weighted by atomic mass is 9.93. The molecule has 13 nitrogen and oxygen atoms in total. The van der Waals surface area contributed by atoms with Crippen LogP contribution in [-0.4, -0.2) is 59.5 Å². The van der Waals surface area contributed by atoms with E-state index in [0.29, 0.717) is 76.1 Å². The molecule has 0 aromatic heterocycles. The summed E-state index contributed by atoms with van der Waals surface area (Å²) >= 11 is 0. The number of fused-ring (bicyclic) bond motifs is 1. The van der Waals surface area contributed by atoms with Gasteiger partial charge >= 0.3 is 0 Å². The molecule has 2 aliphatic rings. The van der Waals surface area contributed by atoms with Crippen LogP contribution in [0.5, 0.6) is 23.0 Å². The Hall–Kier alpha value is -5.34. The van der Waals surface area contributed by atoms with Crippen molar-refractivity contribution in [3.63, 3.8) is 0 Å². The van der Waals surface area contributed by atoms with Crippen molar-refractivity contribution in [2.75, 3.05) is 32.8 Å². The number of methoxy groups -OCH3 is 2. The van der Waals surface area contributed by atoms with Crippen molar-refractivity contribution in [1.82, 2.24) is 5.32 Å². The zero-order valence-corrected chi connectivity index (χ0v) is 29.8. The lowest BCUT2D eigenvalue weighted by Gasteiger charge is -2.29. The van der Waals surface area contributed by atoms with E-state index < -0.39 is 12.3 Å². The van der Waals surface area contributed by atoms with E-state index in [1.54, 1.807) is 38.5 Å². The summed E-state index contributed by atoms with van der Waals surface area (Å²) in [5.74, 6) is 2.16. The Morgan fingerprint density at radius 3 is 2.09 bits per heavy atom. The van der Waals surface area contributed by atoms with Gasteiger partial charge in [-0.1, -0.05) is 11.2 Å². The number of ether oxygens (including phenoxy) is 4. The monoisotopic (exact) mass is 727 g/mol. The predicted octanol–water partition coefficient (Wildman–Crippen LogP) is 5.02. The topological polar surface area (TPSA) is 181 Å². The highest BCUT2D eigenvalue weighted by Gasteiger charge is 2.27. The van der Waals surface area contributed by atoms with Gasteiger partial charge in [-0.3, -0.25) is 4.79 Å². The summed E-state index contributed by atoms with van der Waals surface area (Å²) in [6, 6.07) is 20.0.